The van der Waals surface area contributed by atoms with Crippen LogP contribution in [0, 0.1) is 20.8 Å². The number of hydrogen-bond acceptors (Lipinski definition) is 3. The SMILES string of the molecule is Cc1c(C)c(S(=O)c2ccccc2)c(C)c(CCCO[Si](C)(C)C(C)(C)C)c1O[Si](C)(C)C(C)(C)C. The van der Waals surface area contributed by atoms with E-state index in [0.29, 0.717) is 0 Å². The van der Waals surface area contributed by atoms with Gasteiger partial charge in [-0.1, -0.05) is 59.7 Å². The number of benzene rings is 2. The van der Waals surface area contributed by atoms with Gasteiger partial charge in [0, 0.05) is 11.5 Å². The van der Waals surface area contributed by atoms with Gasteiger partial charge in [0.05, 0.1) is 15.7 Å². The summed E-state index contributed by atoms with van der Waals surface area (Å²) in [7, 11) is -5.11. The fourth-order valence-electron chi connectivity index (χ4n) is 3.74. The van der Waals surface area contributed by atoms with Crippen molar-refractivity contribution in [3.05, 3.63) is 52.6 Å². The van der Waals surface area contributed by atoms with Crippen molar-refractivity contribution in [3.8, 4) is 5.75 Å². The maximum absolute atomic E-state index is 13.8. The summed E-state index contributed by atoms with van der Waals surface area (Å²) in [4.78, 5) is 1.77. The zero-order valence-electron chi connectivity index (χ0n) is 25.1. The molecule has 0 amide bonds. The molecule has 202 valence electrons. The fraction of sp³-hybridized carbons (Fsp3) is 0.600. The molecule has 1 unspecified atom stereocenters. The summed E-state index contributed by atoms with van der Waals surface area (Å²) in [5, 5.41) is 0.287. The van der Waals surface area contributed by atoms with Gasteiger partial charge in [0.15, 0.2) is 8.32 Å². The Morgan fingerprint density at radius 1 is 0.778 bits per heavy atom. The molecular formula is C30H50O3SSi2. The summed E-state index contributed by atoms with van der Waals surface area (Å²) in [6.07, 6.45) is 1.77. The second-order valence-electron chi connectivity index (χ2n) is 13.2. The van der Waals surface area contributed by atoms with Crippen LogP contribution in [0.15, 0.2) is 40.1 Å². The standard InChI is InChI=1S/C30H50O3SSi2/c1-22-23(2)28(34(31)25-18-15-14-16-19-25)24(3)26(27(22)33-36(12,13)30(7,8)9)20-17-21-32-35(10,11)29(4,5)6/h14-16,18-19H,17,20-21H2,1-13H3. The van der Waals surface area contributed by atoms with Crippen LogP contribution >= 0.6 is 0 Å². The molecule has 0 fully saturated rings. The molecule has 0 spiro atoms. The highest BCUT2D eigenvalue weighted by atomic mass is 32.2. The topological polar surface area (TPSA) is 35.5 Å². The van der Waals surface area contributed by atoms with E-state index in [1.165, 1.54) is 5.56 Å². The van der Waals surface area contributed by atoms with Crippen molar-refractivity contribution in [3.63, 3.8) is 0 Å². The smallest absolute Gasteiger partial charge is 0.250 e. The normalized spacial score (nSPS) is 14.1. The lowest BCUT2D eigenvalue weighted by Gasteiger charge is -2.38. The maximum atomic E-state index is 13.8. The summed E-state index contributed by atoms with van der Waals surface area (Å²) in [5.74, 6) is 1.01. The second kappa shape index (κ2) is 11.3. The van der Waals surface area contributed by atoms with Crippen LogP contribution in [0.1, 0.15) is 70.2 Å². The zero-order valence-corrected chi connectivity index (χ0v) is 28.0. The molecule has 0 saturated carbocycles. The molecule has 0 aromatic heterocycles. The van der Waals surface area contributed by atoms with E-state index in [2.05, 4.69) is 88.5 Å². The van der Waals surface area contributed by atoms with E-state index in [9.17, 15) is 4.21 Å². The monoisotopic (exact) mass is 546 g/mol. The molecular weight excluding hydrogens is 497 g/mol. The minimum absolute atomic E-state index is 0.0928. The Labute approximate surface area is 226 Å². The molecule has 0 aliphatic heterocycles. The third-order valence-electron chi connectivity index (χ3n) is 8.46. The van der Waals surface area contributed by atoms with Crippen LogP contribution in [0.25, 0.3) is 0 Å². The molecule has 0 saturated heterocycles. The second-order valence-corrected chi connectivity index (χ2v) is 24.1. The Hall–Kier alpha value is -1.22. The van der Waals surface area contributed by atoms with Crippen LogP contribution in [0.4, 0.5) is 0 Å². The van der Waals surface area contributed by atoms with Crippen molar-refractivity contribution in [1.29, 1.82) is 0 Å². The molecule has 2 aromatic rings. The number of rotatable bonds is 9. The Kier molecular flexibility index (Phi) is 9.70. The van der Waals surface area contributed by atoms with E-state index < -0.39 is 27.4 Å². The zero-order chi connectivity index (χ0) is 27.7. The first kappa shape index (κ1) is 31.0. The van der Waals surface area contributed by atoms with Crippen LogP contribution in [-0.2, 0) is 21.6 Å². The molecule has 3 nitrogen and oxygen atoms in total. The Morgan fingerprint density at radius 2 is 1.31 bits per heavy atom. The van der Waals surface area contributed by atoms with Gasteiger partial charge in [-0.05, 0) is 104 Å². The van der Waals surface area contributed by atoms with E-state index in [-0.39, 0.29) is 10.1 Å². The van der Waals surface area contributed by atoms with Crippen LogP contribution in [0.3, 0.4) is 0 Å². The van der Waals surface area contributed by atoms with Gasteiger partial charge in [0.2, 0.25) is 0 Å². The molecule has 0 aliphatic carbocycles. The highest BCUT2D eigenvalue weighted by Crippen LogP contribution is 2.43. The van der Waals surface area contributed by atoms with Crippen LogP contribution in [0.5, 0.6) is 5.75 Å². The molecule has 36 heavy (non-hydrogen) atoms. The first-order chi connectivity index (χ1) is 16.3. The summed E-state index contributed by atoms with van der Waals surface area (Å²) in [6.45, 7) is 30.0. The minimum atomic E-state index is -2.07. The highest BCUT2D eigenvalue weighted by Gasteiger charge is 2.40. The van der Waals surface area contributed by atoms with E-state index >= 15 is 0 Å². The summed E-state index contributed by atoms with van der Waals surface area (Å²) in [6, 6.07) is 9.79. The van der Waals surface area contributed by atoms with Crippen LogP contribution in [-0.4, -0.2) is 27.5 Å². The predicted octanol–water partition coefficient (Wildman–Crippen LogP) is 9.12. The molecule has 1 atom stereocenters. The minimum Gasteiger partial charge on any atom is -0.543 e. The Morgan fingerprint density at radius 3 is 1.81 bits per heavy atom. The molecule has 0 aliphatic rings. The van der Waals surface area contributed by atoms with Crippen molar-refractivity contribution < 1.29 is 13.1 Å². The summed E-state index contributed by atoms with van der Waals surface area (Å²) < 4.78 is 27.3. The maximum Gasteiger partial charge on any atom is 0.250 e. The average molecular weight is 547 g/mol. The van der Waals surface area contributed by atoms with E-state index in [4.69, 9.17) is 8.85 Å². The largest absolute Gasteiger partial charge is 0.543 e. The van der Waals surface area contributed by atoms with Gasteiger partial charge < -0.3 is 8.85 Å². The van der Waals surface area contributed by atoms with Crippen LogP contribution < -0.4 is 4.43 Å². The molecule has 0 N–H and O–H groups in total. The molecule has 6 heteroatoms. The Bertz CT molecular complexity index is 1080. The van der Waals surface area contributed by atoms with Crippen molar-refractivity contribution in [2.75, 3.05) is 6.61 Å². The molecule has 0 bridgehead atoms. The predicted molar refractivity (Wildman–Crippen MR) is 161 cm³/mol. The van der Waals surface area contributed by atoms with Gasteiger partial charge in [-0.2, -0.15) is 0 Å². The van der Waals surface area contributed by atoms with Gasteiger partial charge in [-0.15, -0.1) is 0 Å². The lowest BCUT2D eigenvalue weighted by atomic mass is 9.96. The molecule has 0 radical (unpaired) electrons. The summed E-state index contributed by atoms with van der Waals surface area (Å²) in [5.41, 5.74) is 4.48. The van der Waals surface area contributed by atoms with Gasteiger partial charge in [-0.3, -0.25) is 0 Å². The van der Waals surface area contributed by atoms with Crippen molar-refractivity contribution in [2.24, 2.45) is 0 Å². The third kappa shape index (κ3) is 6.80. The van der Waals surface area contributed by atoms with Gasteiger partial charge in [0.1, 0.15) is 5.75 Å². The van der Waals surface area contributed by atoms with E-state index in [1.807, 2.05) is 30.3 Å². The van der Waals surface area contributed by atoms with Crippen molar-refractivity contribution in [2.45, 2.75) is 121 Å². The van der Waals surface area contributed by atoms with Gasteiger partial charge in [0.25, 0.3) is 8.32 Å². The van der Waals surface area contributed by atoms with Crippen LogP contribution in [0.2, 0.25) is 36.3 Å². The van der Waals surface area contributed by atoms with Gasteiger partial charge >= 0.3 is 0 Å². The quantitative estimate of drug-likeness (QED) is 0.232. The lowest BCUT2D eigenvalue weighted by molar-refractivity contribution is 0.282. The fourth-order valence-corrected chi connectivity index (χ4v) is 7.39. The lowest BCUT2D eigenvalue weighted by Crippen LogP contribution is -2.44. The first-order valence-electron chi connectivity index (χ1n) is 13.2. The first-order valence-corrected chi connectivity index (χ1v) is 20.2. The third-order valence-corrected chi connectivity index (χ3v) is 19.0. The van der Waals surface area contributed by atoms with E-state index in [0.717, 1.165) is 51.7 Å². The van der Waals surface area contributed by atoms with E-state index in [1.54, 1.807) is 0 Å². The molecule has 0 heterocycles. The highest BCUT2D eigenvalue weighted by molar-refractivity contribution is 7.85. The Balaban J connectivity index is 2.55. The van der Waals surface area contributed by atoms with Crippen molar-refractivity contribution in [1.82, 2.24) is 0 Å². The van der Waals surface area contributed by atoms with Gasteiger partial charge in [-0.25, -0.2) is 4.21 Å². The molecule has 2 rings (SSSR count). The average Bonchev–Trinajstić information content (AvgIpc) is 2.75. The van der Waals surface area contributed by atoms with Crippen molar-refractivity contribution >= 4 is 27.4 Å². The summed E-state index contributed by atoms with van der Waals surface area (Å²) >= 11 is 0. The number of hydrogen-bond donors (Lipinski definition) is 0. The molecule has 2 aromatic carbocycles.